The fraction of sp³-hybridized carbons (Fsp3) is 0.450. The van der Waals surface area contributed by atoms with Crippen LogP contribution in [0, 0.1) is 13.8 Å². The Labute approximate surface area is 163 Å². The van der Waals surface area contributed by atoms with E-state index in [1.165, 1.54) is 0 Å². The van der Waals surface area contributed by atoms with Crippen LogP contribution in [0.1, 0.15) is 46.8 Å². The molecule has 4 rings (SSSR count). The molecule has 0 aromatic carbocycles. The summed E-state index contributed by atoms with van der Waals surface area (Å²) in [6.07, 6.45) is 10.7. The average Bonchev–Trinajstić information content (AvgIpc) is 3.41. The molecule has 0 radical (unpaired) electrons. The topological polar surface area (TPSA) is 89.9 Å². The molecule has 3 aromatic heterocycles. The van der Waals surface area contributed by atoms with Gasteiger partial charge in [0.1, 0.15) is 5.76 Å². The summed E-state index contributed by atoms with van der Waals surface area (Å²) in [5.74, 6) is 0.811. The zero-order valence-corrected chi connectivity index (χ0v) is 16.4. The van der Waals surface area contributed by atoms with Gasteiger partial charge in [0.25, 0.3) is 5.91 Å². The molecular weight excluding hydrogens is 356 g/mol. The molecule has 1 saturated heterocycles. The molecular formula is C20H24N6O2. The Morgan fingerprint density at radius 3 is 2.75 bits per heavy atom. The van der Waals surface area contributed by atoms with E-state index < -0.39 is 0 Å². The molecule has 0 N–H and O–H groups in total. The van der Waals surface area contributed by atoms with Crippen LogP contribution in [0.25, 0.3) is 11.3 Å². The van der Waals surface area contributed by atoms with E-state index in [2.05, 4.69) is 20.2 Å². The van der Waals surface area contributed by atoms with Gasteiger partial charge in [0, 0.05) is 32.0 Å². The molecule has 3 aromatic rings. The zero-order chi connectivity index (χ0) is 19.7. The minimum atomic E-state index is 0.0652. The van der Waals surface area contributed by atoms with Crippen molar-refractivity contribution >= 4 is 5.91 Å². The lowest BCUT2D eigenvalue weighted by atomic mass is 10.1. The number of hydrogen-bond acceptors (Lipinski definition) is 6. The van der Waals surface area contributed by atoms with Crippen molar-refractivity contribution in [1.29, 1.82) is 0 Å². The molecule has 8 heteroatoms. The van der Waals surface area contributed by atoms with Crippen LogP contribution in [-0.4, -0.2) is 48.3 Å². The van der Waals surface area contributed by atoms with Crippen molar-refractivity contribution in [1.82, 2.24) is 29.8 Å². The molecule has 28 heavy (non-hydrogen) atoms. The van der Waals surface area contributed by atoms with E-state index in [1.807, 2.05) is 32.0 Å². The highest BCUT2D eigenvalue weighted by atomic mass is 16.5. The molecule has 0 aliphatic carbocycles. The van der Waals surface area contributed by atoms with E-state index in [-0.39, 0.29) is 11.9 Å². The van der Waals surface area contributed by atoms with Crippen molar-refractivity contribution in [2.45, 2.75) is 45.6 Å². The molecule has 8 nitrogen and oxygen atoms in total. The van der Waals surface area contributed by atoms with Gasteiger partial charge in [0.15, 0.2) is 0 Å². The van der Waals surface area contributed by atoms with Crippen molar-refractivity contribution in [3.63, 3.8) is 0 Å². The highest BCUT2D eigenvalue weighted by Gasteiger charge is 2.29. The van der Waals surface area contributed by atoms with Gasteiger partial charge in [-0.05, 0) is 39.5 Å². The number of amides is 1. The van der Waals surface area contributed by atoms with Gasteiger partial charge in [-0.3, -0.25) is 19.4 Å². The second kappa shape index (κ2) is 7.53. The average molecular weight is 380 g/mol. The Morgan fingerprint density at radius 2 is 2.11 bits per heavy atom. The van der Waals surface area contributed by atoms with Crippen LogP contribution in [0.5, 0.6) is 0 Å². The molecule has 1 fully saturated rings. The molecule has 0 bridgehead atoms. The normalized spacial score (nSPS) is 16.7. The van der Waals surface area contributed by atoms with E-state index >= 15 is 0 Å². The summed E-state index contributed by atoms with van der Waals surface area (Å²) in [6, 6.07) is 0.233. The van der Waals surface area contributed by atoms with E-state index in [1.54, 1.807) is 23.3 Å². The zero-order valence-electron chi connectivity index (χ0n) is 16.4. The van der Waals surface area contributed by atoms with Crippen molar-refractivity contribution in [3.8, 4) is 11.3 Å². The number of rotatable bonds is 5. The fourth-order valence-corrected chi connectivity index (χ4v) is 3.88. The van der Waals surface area contributed by atoms with Crippen LogP contribution in [0.15, 0.2) is 29.3 Å². The van der Waals surface area contributed by atoms with Crippen LogP contribution >= 0.6 is 0 Å². The first-order valence-electron chi connectivity index (χ1n) is 9.56. The highest BCUT2D eigenvalue weighted by Crippen LogP contribution is 2.26. The van der Waals surface area contributed by atoms with E-state index in [0.29, 0.717) is 5.56 Å². The standard InChI is InChI=1S/C20H24N6O2/c1-13-19(14(2)28-24-13)18-11-21-16(10-22-18)6-7-17-5-4-8-26(17)20(27)15-9-23-25(3)12-15/h9-12,17H,4-8H2,1-3H3/t17-/m1/s1. The van der Waals surface area contributed by atoms with Gasteiger partial charge in [-0.15, -0.1) is 0 Å². The molecule has 1 amide bonds. The molecule has 0 spiro atoms. The summed E-state index contributed by atoms with van der Waals surface area (Å²) in [5, 5.41) is 8.08. The first kappa shape index (κ1) is 18.3. The van der Waals surface area contributed by atoms with Gasteiger partial charge in [-0.1, -0.05) is 5.16 Å². The minimum absolute atomic E-state index is 0.0652. The first-order valence-corrected chi connectivity index (χ1v) is 9.56. The molecule has 0 unspecified atom stereocenters. The third kappa shape index (κ3) is 3.54. The number of aromatic nitrogens is 5. The first-order chi connectivity index (χ1) is 13.5. The third-order valence-corrected chi connectivity index (χ3v) is 5.32. The summed E-state index contributed by atoms with van der Waals surface area (Å²) in [4.78, 5) is 23.8. The molecule has 4 heterocycles. The maximum atomic E-state index is 12.8. The van der Waals surface area contributed by atoms with Crippen molar-refractivity contribution < 1.29 is 9.32 Å². The number of hydrogen-bond donors (Lipinski definition) is 0. The van der Waals surface area contributed by atoms with E-state index in [0.717, 1.165) is 60.6 Å². The van der Waals surface area contributed by atoms with Crippen LogP contribution in [0.4, 0.5) is 0 Å². The third-order valence-electron chi connectivity index (χ3n) is 5.32. The lowest BCUT2D eigenvalue weighted by Crippen LogP contribution is -2.35. The number of nitrogens with zero attached hydrogens (tertiary/aromatic N) is 6. The fourth-order valence-electron chi connectivity index (χ4n) is 3.88. The van der Waals surface area contributed by atoms with Gasteiger partial charge in [0.05, 0.1) is 40.6 Å². The summed E-state index contributed by atoms with van der Waals surface area (Å²) >= 11 is 0. The summed E-state index contributed by atoms with van der Waals surface area (Å²) in [7, 11) is 1.82. The highest BCUT2D eigenvalue weighted by molar-refractivity contribution is 5.94. The Morgan fingerprint density at radius 1 is 1.25 bits per heavy atom. The monoisotopic (exact) mass is 380 g/mol. The lowest BCUT2D eigenvalue weighted by molar-refractivity contribution is 0.0730. The number of likely N-dealkylation sites (tertiary alicyclic amines) is 1. The number of carbonyl (C=O) groups is 1. The Bertz CT molecular complexity index is 956. The molecule has 0 saturated carbocycles. The molecule has 146 valence electrons. The summed E-state index contributed by atoms with van der Waals surface area (Å²) < 4.78 is 6.87. The van der Waals surface area contributed by atoms with Gasteiger partial charge >= 0.3 is 0 Å². The minimum Gasteiger partial charge on any atom is -0.361 e. The lowest BCUT2D eigenvalue weighted by Gasteiger charge is -2.24. The smallest absolute Gasteiger partial charge is 0.257 e. The van der Waals surface area contributed by atoms with Gasteiger partial charge in [-0.25, -0.2) is 0 Å². The van der Waals surface area contributed by atoms with Gasteiger partial charge in [0.2, 0.25) is 0 Å². The van der Waals surface area contributed by atoms with Crippen molar-refractivity contribution in [2.75, 3.05) is 6.54 Å². The Kier molecular flexibility index (Phi) is 4.93. The second-order valence-corrected chi connectivity index (χ2v) is 7.33. The van der Waals surface area contributed by atoms with Crippen LogP contribution in [0.3, 0.4) is 0 Å². The largest absolute Gasteiger partial charge is 0.361 e. The summed E-state index contributed by atoms with van der Waals surface area (Å²) in [6.45, 7) is 4.57. The SMILES string of the molecule is Cc1noc(C)c1-c1cnc(CC[C@H]2CCCN2C(=O)c2cnn(C)c2)cn1. The predicted octanol–water partition coefficient (Wildman–Crippen LogP) is 2.72. The van der Waals surface area contributed by atoms with E-state index in [4.69, 9.17) is 4.52 Å². The summed E-state index contributed by atoms with van der Waals surface area (Å²) in [5.41, 5.74) is 4.07. The Balaban J connectivity index is 1.40. The predicted molar refractivity (Wildman–Crippen MR) is 103 cm³/mol. The van der Waals surface area contributed by atoms with Crippen molar-refractivity contribution in [3.05, 3.63) is 47.5 Å². The molecule has 1 aliphatic heterocycles. The number of carbonyl (C=O) groups excluding carboxylic acids is 1. The quantitative estimate of drug-likeness (QED) is 0.676. The van der Waals surface area contributed by atoms with Crippen LogP contribution in [-0.2, 0) is 13.5 Å². The molecule has 1 atom stereocenters. The maximum Gasteiger partial charge on any atom is 0.257 e. The molecule has 1 aliphatic rings. The number of aryl methyl sites for hydroxylation is 4. The van der Waals surface area contributed by atoms with Gasteiger partial charge < -0.3 is 9.42 Å². The van der Waals surface area contributed by atoms with Crippen molar-refractivity contribution in [2.24, 2.45) is 7.05 Å². The second-order valence-electron chi connectivity index (χ2n) is 7.33. The van der Waals surface area contributed by atoms with Crippen LogP contribution in [0.2, 0.25) is 0 Å². The Hall–Kier alpha value is -3.03. The maximum absolute atomic E-state index is 12.8. The van der Waals surface area contributed by atoms with Crippen LogP contribution < -0.4 is 0 Å². The van der Waals surface area contributed by atoms with Gasteiger partial charge in [-0.2, -0.15) is 5.10 Å². The van der Waals surface area contributed by atoms with E-state index in [9.17, 15) is 4.79 Å².